The van der Waals surface area contributed by atoms with E-state index in [1.807, 2.05) is 24.1 Å². The number of ether oxygens (including phenoxy) is 1. The van der Waals surface area contributed by atoms with Crippen LogP contribution in [0.25, 0.3) is 0 Å². The maximum Gasteiger partial charge on any atom is 0.173 e. The number of phenols is 1. The van der Waals surface area contributed by atoms with Crippen LogP contribution in [0.15, 0.2) is 24.3 Å². The molecule has 18 heavy (non-hydrogen) atoms. The third kappa shape index (κ3) is 3.34. The average Bonchev–Trinajstić information content (AvgIpc) is 2.89. The van der Waals surface area contributed by atoms with Gasteiger partial charge in [-0.1, -0.05) is 0 Å². The minimum atomic E-state index is 0.255. The van der Waals surface area contributed by atoms with Crippen molar-refractivity contribution in [3.63, 3.8) is 0 Å². The number of aromatic hydroxyl groups is 1. The monoisotopic (exact) mass is 266 g/mol. The molecule has 1 aromatic carbocycles. The standard InChI is InChI=1S/C13H18N2O2S/c1-15(10-4-6-11(16)7-5-10)13(18)14-9-12-3-2-8-17-12/h4-7,12,16H,2-3,8-9H2,1H3,(H,14,18)/t12-/m1/s1. The van der Waals surface area contributed by atoms with Crippen LogP contribution >= 0.6 is 12.2 Å². The van der Waals surface area contributed by atoms with E-state index in [9.17, 15) is 5.11 Å². The van der Waals surface area contributed by atoms with Crippen molar-refractivity contribution in [2.24, 2.45) is 0 Å². The number of hydrogen-bond acceptors (Lipinski definition) is 3. The first-order valence-corrected chi connectivity index (χ1v) is 6.50. The van der Waals surface area contributed by atoms with Gasteiger partial charge in [0, 0.05) is 25.9 Å². The first kappa shape index (κ1) is 13.1. The average molecular weight is 266 g/mol. The second kappa shape index (κ2) is 6.02. The van der Waals surface area contributed by atoms with Crippen molar-refractivity contribution < 1.29 is 9.84 Å². The molecule has 5 heteroatoms. The van der Waals surface area contributed by atoms with Gasteiger partial charge in [0.2, 0.25) is 0 Å². The molecule has 0 saturated carbocycles. The molecule has 0 bridgehead atoms. The zero-order valence-electron chi connectivity index (χ0n) is 10.4. The Hall–Kier alpha value is -1.33. The lowest BCUT2D eigenvalue weighted by atomic mass is 10.2. The van der Waals surface area contributed by atoms with Crippen LogP contribution in [0, 0.1) is 0 Å². The first-order chi connectivity index (χ1) is 8.66. The molecule has 1 heterocycles. The van der Waals surface area contributed by atoms with Crippen molar-refractivity contribution in [3.8, 4) is 5.75 Å². The fourth-order valence-corrected chi connectivity index (χ4v) is 2.11. The summed E-state index contributed by atoms with van der Waals surface area (Å²) in [6.45, 7) is 1.61. The van der Waals surface area contributed by atoms with Crippen molar-refractivity contribution in [2.75, 3.05) is 25.1 Å². The van der Waals surface area contributed by atoms with E-state index < -0.39 is 0 Å². The van der Waals surface area contributed by atoms with Gasteiger partial charge in [-0.25, -0.2) is 0 Å². The first-order valence-electron chi connectivity index (χ1n) is 6.09. The van der Waals surface area contributed by atoms with Crippen LogP contribution in [0.3, 0.4) is 0 Å². The molecule has 0 spiro atoms. The van der Waals surface area contributed by atoms with Crippen LogP contribution in [-0.2, 0) is 4.74 Å². The van der Waals surface area contributed by atoms with Crippen LogP contribution < -0.4 is 10.2 Å². The molecule has 4 nitrogen and oxygen atoms in total. The largest absolute Gasteiger partial charge is 0.508 e. The summed E-state index contributed by atoms with van der Waals surface area (Å²) in [4.78, 5) is 1.88. The summed E-state index contributed by atoms with van der Waals surface area (Å²) in [5.41, 5.74) is 0.942. The molecule has 0 radical (unpaired) electrons. The Balaban J connectivity index is 1.85. The van der Waals surface area contributed by atoms with E-state index >= 15 is 0 Å². The van der Waals surface area contributed by atoms with Crippen molar-refractivity contribution >= 4 is 23.0 Å². The summed E-state index contributed by atoms with van der Waals surface area (Å²) in [6.07, 6.45) is 2.50. The van der Waals surface area contributed by atoms with Gasteiger partial charge in [0.15, 0.2) is 5.11 Å². The molecular weight excluding hydrogens is 248 g/mol. The van der Waals surface area contributed by atoms with Crippen LogP contribution in [0.2, 0.25) is 0 Å². The summed E-state index contributed by atoms with van der Waals surface area (Å²) in [6, 6.07) is 6.95. The zero-order chi connectivity index (χ0) is 13.0. The third-order valence-electron chi connectivity index (χ3n) is 3.05. The van der Waals surface area contributed by atoms with E-state index in [1.165, 1.54) is 0 Å². The predicted molar refractivity (Wildman–Crippen MR) is 76.1 cm³/mol. The second-order valence-electron chi connectivity index (χ2n) is 4.40. The van der Waals surface area contributed by atoms with Gasteiger partial charge >= 0.3 is 0 Å². The van der Waals surface area contributed by atoms with Crippen LogP contribution in [0.4, 0.5) is 5.69 Å². The Bertz CT molecular complexity index is 402. The molecule has 2 N–H and O–H groups in total. The van der Waals surface area contributed by atoms with Crippen LogP contribution in [0.1, 0.15) is 12.8 Å². The molecule has 1 atom stereocenters. The molecule has 0 aliphatic carbocycles. The smallest absolute Gasteiger partial charge is 0.173 e. The Kier molecular flexibility index (Phi) is 4.38. The number of thiocarbonyl (C=S) groups is 1. The molecule has 0 amide bonds. The number of benzene rings is 1. The lowest BCUT2D eigenvalue weighted by Gasteiger charge is -2.22. The van der Waals surface area contributed by atoms with E-state index in [0.717, 1.165) is 31.7 Å². The van der Waals surface area contributed by atoms with E-state index in [-0.39, 0.29) is 11.9 Å². The second-order valence-corrected chi connectivity index (χ2v) is 4.78. The normalized spacial score (nSPS) is 18.6. The third-order valence-corrected chi connectivity index (χ3v) is 3.46. The van der Waals surface area contributed by atoms with E-state index in [4.69, 9.17) is 17.0 Å². The van der Waals surface area contributed by atoms with E-state index in [1.54, 1.807) is 12.1 Å². The molecule has 1 aliphatic rings. The number of anilines is 1. The highest BCUT2D eigenvalue weighted by Gasteiger charge is 2.16. The minimum Gasteiger partial charge on any atom is -0.508 e. The van der Waals surface area contributed by atoms with Crippen molar-refractivity contribution in [2.45, 2.75) is 18.9 Å². The molecule has 1 fully saturated rings. The minimum absolute atomic E-state index is 0.255. The number of nitrogens with one attached hydrogen (secondary N) is 1. The van der Waals surface area contributed by atoms with Gasteiger partial charge in [-0.2, -0.15) is 0 Å². The summed E-state index contributed by atoms with van der Waals surface area (Å²) < 4.78 is 5.53. The van der Waals surface area contributed by atoms with Gasteiger partial charge in [0.25, 0.3) is 0 Å². The van der Waals surface area contributed by atoms with Gasteiger partial charge in [-0.15, -0.1) is 0 Å². The molecule has 0 aromatic heterocycles. The highest BCUT2D eigenvalue weighted by molar-refractivity contribution is 7.80. The number of rotatable bonds is 3. The molecule has 2 rings (SSSR count). The Labute approximate surface area is 113 Å². The maximum atomic E-state index is 9.24. The quantitative estimate of drug-likeness (QED) is 0.818. The topological polar surface area (TPSA) is 44.7 Å². The molecular formula is C13H18N2O2S. The molecule has 1 aliphatic heterocycles. The van der Waals surface area contributed by atoms with Gasteiger partial charge in [-0.05, 0) is 49.3 Å². The summed E-state index contributed by atoms with van der Waals surface area (Å²) in [5.74, 6) is 0.255. The number of hydrogen-bond donors (Lipinski definition) is 2. The van der Waals surface area contributed by atoms with Crippen LogP contribution in [-0.4, -0.2) is 36.5 Å². The van der Waals surface area contributed by atoms with Crippen LogP contribution in [0.5, 0.6) is 5.75 Å². The summed E-state index contributed by atoms with van der Waals surface area (Å²) in [5, 5.41) is 13.1. The van der Waals surface area contributed by atoms with Gasteiger partial charge in [0.1, 0.15) is 5.75 Å². The predicted octanol–water partition coefficient (Wildman–Crippen LogP) is 1.88. The SMILES string of the molecule is CN(C(=S)NC[C@H]1CCCO1)c1ccc(O)cc1. The zero-order valence-corrected chi connectivity index (χ0v) is 11.2. The molecule has 1 aromatic rings. The maximum absolute atomic E-state index is 9.24. The fourth-order valence-electron chi connectivity index (χ4n) is 1.92. The lowest BCUT2D eigenvalue weighted by Crippen LogP contribution is -2.40. The van der Waals surface area contributed by atoms with Crippen molar-refractivity contribution in [3.05, 3.63) is 24.3 Å². The number of nitrogens with zero attached hydrogens (tertiary/aromatic N) is 1. The van der Waals surface area contributed by atoms with Crippen molar-refractivity contribution in [1.82, 2.24) is 5.32 Å². The molecule has 0 unspecified atom stereocenters. The number of phenolic OH excluding ortho intramolecular Hbond substituents is 1. The molecule has 98 valence electrons. The lowest BCUT2D eigenvalue weighted by molar-refractivity contribution is 0.114. The Morgan fingerprint density at radius 1 is 1.50 bits per heavy atom. The fraction of sp³-hybridized carbons (Fsp3) is 0.462. The van der Waals surface area contributed by atoms with Gasteiger partial charge in [0.05, 0.1) is 6.10 Å². The highest BCUT2D eigenvalue weighted by Crippen LogP contribution is 2.17. The summed E-state index contributed by atoms with van der Waals surface area (Å²) >= 11 is 5.32. The summed E-state index contributed by atoms with van der Waals surface area (Å²) in [7, 11) is 1.90. The Morgan fingerprint density at radius 3 is 2.83 bits per heavy atom. The van der Waals surface area contributed by atoms with E-state index in [2.05, 4.69) is 5.32 Å². The molecule has 1 saturated heterocycles. The highest BCUT2D eigenvalue weighted by atomic mass is 32.1. The van der Waals surface area contributed by atoms with Gasteiger partial charge in [-0.3, -0.25) is 0 Å². The van der Waals surface area contributed by atoms with E-state index in [0.29, 0.717) is 5.11 Å². The Morgan fingerprint density at radius 2 is 2.22 bits per heavy atom. The van der Waals surface area contributed by atoms with Crippen molar-refractivity contribution in [1.29, 1.82) is 0 Å². The van der Waals surface area contributed by atoms with Gasteiger partial charge < -0.3 is 20.1 Å².